The molecule has 0 spiro atoms. The summed E-state index contributed by atoms with van der Waals surface area (Å²) >= 11 is 0. The molecule has 0 fully saturated rings. The first-order valence-corrected chi connectivity index (χ1v) is 9.98. The predicted octanol–water partition coefficient (Wildman–Crippen LogP) is 3.78. The van der Waals surface area contributed by atoms with Crippen LogP contribution in [-0.4, -0.2) is 37.8 Å². The quantitative estimate of drug-likeness (QED) is 0.709. The average molecular weight is 412 g/mol. The third-order valence-electron chi connectivity index (χ3n) is 5.45. The highest BCUT2D eigenvalue weighted by Crippen LogP contribution is 2.28. The summed E-state index contributed by atoms with van der Waals surface area (Å²) in [4.78, 5) is 19.4. The number of fused-ring (bicyclic) bond motifs is 1. The van der Waals surface area contributed by atoms with Crippen LogP contribution in [0.2, 0.25) is 0 Å². The molecule has 1 amide bonds. The fourth-order valence-electron chi connectivity index (χ4n) is 3.68. The lowest BCUT2D eigenvalue weighted by molar-refractivity contribution is 0.0951. The van der Waals surface area contributed by atoms with Crippen molar-refractivity contribution in [1.82, 2.24) is 5.32 Å². The third kappa shape index (κ3) is 4.17. The highest BCUT2D eigenvalue weighted by molar-refractivity contribution is 6.16. The number of benzene rings is 3. The molecule has 1 N–H and O–H groups in total. The van der Waals surface area contributed by atoms with Crippen molar-refractivity contribution in [2.24, 2.45) is 4.99 Å². The van der Waals surface area contributed by atoms with Gasteiger partial charge in [-0.1, -0.05) is 30.3 Å². The Hall–Kier alpha value is -3.98. The molecule has 0 saturated carbocycles. The molecule has 3 aromatic rings. The Morgan fingerprint density at radius 2 is 1.77 bits per heavy atom. The molecule has 1 heterocycles. The van der Waals surface area contributed by atoms with Gasteiger partial charge in [0.2, 0.25) is 0 Å². The van der Waals surface area contributed by atoms with Gasteiger partial charge in [-0.2, -0.15) is 5.26 Å². The van der Waals surface area contributed by atoms with E-state index in [-0.39, 0.29) is 17.8 Å². The van der Waals surface area contributed by atoms with Crippen molar-refractivity contribution in [3.05, 3.63) is 101 Å². The van der Waals surface area contributed by atoms with E-state index in [9.17, 15) is 9.18 Å². The van der Waals surface area contributed by atoms with Gasteiger partial charge in [-0.3, -0.25) is 9.79 Å². The van der Waals surface area contributed by atoms with Crippen molar-refractivity contribution in [1.29, 1.82) is 5.26 Å². The summed E-state index contributed by atoms with van der Waals surface area (Å²) < 4.78 is 14.5. The van der Waals surface area contributed by atoms with E-state index < -0.39 is 0 Å². The Kier molecular flexibility index (Phi) is 5.76. The van der Waals surface area contributed by atoms with Crippen LogP contribution in [0, 0.1) is 17.1 Å². The third-order valence-corrected chi connectivity index (χ3v) is 5.45. The lowest BCUT2D eigenvalue weighted by Gasteiger charge is -2.28. The van der Waals surface area contributed by atoms with E-state index in [2.05, 4.69) is 10.2 Å². The van der Waals surface area contributed by atoms with Crippen molar-refractivity contribution in [2.75, 3.05) is 25.0 Å². The number of nitrogens with zero attached hydrogens (tertiary/aromatic N) is 3. The van der Waals surface area contributed by atoms with Gasteiger partial charge in [0.25, 0.3) is 5.91 Å². The van der Waals surface area contributed by atoms with Gasteiger partial charge < -0.3 is 10.2 Å². The highest BCUT2D eigenvalue weighted by atomic mass is 19.1. The summed E-state index contributed by atoms with van der Waals surface area (Å²) in [6.07, 6.45) is 0. The predicted molar refractivity (Wildman–Crippen MR) is 119 cm³/mol. The number of benzodiazepines with no additional fused rings is 1. The molecule has 5 nitrogen and oxygen atoms in total. The lowest BCUT2D eigenvalue weighted by atomic mass is 10.00. The second-order valence-corrected chi connectivity index (χ2v) is 7.35. The van der Waals surface area contributed by atoms with Crippen LogP contribution in [0.15, 0.2) is 77.8 Å². The number of para-hydroxylation sites is 1. The SMILES string of the molecule is CN1c2ccccc2C(c2ccccc2F)=NCC1CNC(=O)c1ccc(C#N)cc1. The fraction of sp³-hybridized carbons (Fsp3) is 0.160. The van der Waals surface area contributed by atoms with E-state index >= 15 is 0 Å². The zero-order valence-electron chi connectivity index (χ0n) is 17.0. The largest absolute Gasteiger partial charge is 0.367 e. The second kappa shape index (κ2) is 8.80. The molecule has 1 aliphatic rings. The van der Waals surface area contributed by atoms with Crippen LogP contribution < -0.4 is 10.2 Å². The number of likely N-dealkylation sites (N-methyl/N-ethyl adjacent to an activating group) is 1. The first-order valence-electron chi connectivity index (χ1n) is 9.98. The first-order chi connectivity index (χ1) is 15.1. The van der Waals surface area contributed by atoms with Crippen LogP contribution in [-0.2, 0) is 0 Å². The van der Waals surface area contributed by atoms with E-state index in [0.717, 1.165) is 11.3 Å². The van der Waals surface area contributed by atoms with Crippen LogP contribution in [0.4, 0.5) is 10.1 Å². The van der Waals surface area contributed by atoms with Gasteiger partial charge in [0.05, 0.1) is 29.9 Å². The summed E-state index contributed by atoms with van der Waals surface area (Å²) in [7, 11) is 1.96. The molecule has 1 atom stereocenters. The molecule has 4 rings (SSSR count). The van der Waals surface area contributed by atoms with Crippen molar-refractivity contribution in [2.45, 2.75) is 6.04 Å². The van der Waals surface area contributed by atoms with Crippen molar-refractivity contribution >= 4 is 17.3 Å². The fourth-order valence-corrected chi connectivity index (χ4v) is 3.68. The number of hydrogen-bond donors (Lipinski definition) is 1. The zero-order valence-corrected chi connectivity index (χ0v) is 17.0. The number of carbonyl (C=O) groups is 1. The lowest BCUT2D eigenvalue weighted by Crippen LogP contribution is -2.43. The van der Waals surface area contributed by atoms with Gasteiger partial charge in [0, 0.05) is 36.0 Å². The summed E-state index contributed by atoms with van der Waals surface area (Å²) in [6, 6.07) is 22.8. The summed E-state index contributed by atoms with van der Waals surface area (Å²) in [6.45, 7) is 0.778. The van der Waals surface area contributed by atoms with Crippen molar-refractivity contribution in [3.63, 3.8) is 0 Å². The van der Waals surface area contributed by atoms with Gasteiger partial charge in [-0.05, 0) is 42.5 Å². The number of hydrogen-bond acceptors (Lipinski definition) is 4. The van der Waals surface area contributed by atoms with E-state index in [0.29, 0.717) is 35.5 Å². The molecule has 154 valence electrons. The van der Waals surface area contributed by atoms with Crippen LogP contribution >= 0.6 is 0 Å². The van der Waals surface area contributed by atoms with E-state index in [1.54, 1.807) is 42.5 Å². The Labute approximate surface area is 180 Å². The van der Waals surface area contributed by atoms with Crippen molar-refractivity contribution in [3.8, 4) is 6.07 Å². The molecule has 1 aliphatic heterocycles. The van der Waals surface area contributed by atoms with E-state index in [1.807, 2.05) is 37.4 Å². The molecule has 0 aromatic heterocycles. The van der Waals surface area contributed by atoms with Crippen LogP contribution in [0.5, 0.6) is 0 Å². The maximum Gasteiger partial charge on any atom is 0.251 e. The Balaban J connectivity index is 1.58. The number of nitrogens with one attached hydrogen (secondary N) is 1. The first kappa shape index (κ1) is 20.3. The minimum absolute atomic E-state index is 0.104. The number of carbonyl (C=O) groups excluding carboxylic acids is 1. The Morgan fingerprint density at radius 1 is 1.10 bits per heavy atom. The number of amides is 1. The minimum Gasteiger partial charge on any atom is -0.367 e. The van der Waals surface area contributed by atoms with Crippen LogP contribution in [0.1, 0.15) is 27.0 Å². The Bertz CT molecular complexity index is 1180. The molecule has 3 aromatic carbocycles. The van der Waals surface area contributed by atoms with Crippen LogP contribution in [0.3, 0.4) is 0 Å². The maximum absolute atomic E-state index is 14.5. The molecule has 0 radical (unpaired) electrons. The molecule has 1 unspecified atom stereocenters. The monoisotopic (exact) mass is 412 g/mol. The summed E-state index contributed by atoms with van der Waals surface area (Å²) in [5.74, 6) is -0.528. The summed E-state index contributed by atoms with van der Waals surface area (Å²) in [5, 5.41) is 11.9. The zero-order chi connectivity index (χ0) is 21.8. The molecular weight excluding hydrogens is 391 g/mol. The maximum atomic E-state index is 14.5. The van der Waals surface area contributed by atoms with E-state index in [1.165, 1.54) is 6.07 Å². The Morgan fingerprint density at radius 3 is 2.48 bits per heavy atom. The number of anilines is 1. The van der Waals surface area contributed by atoms with Crippen molar-refractivity contribution < 1.29 is 9.18 Å². The normalized spacial score (nSPS) is 15.3. The molecular formula is C25H21FN4O. The smallest absolute Gasteiger partial charge is 0.251 e. The standard InChI is InChI=1S/C25H21FN4O/c1-30-19(16-29-25(31)18-12-10-17(14-27)11-13-18)15-28-24(20-6-2-4-8-22(20)26)21-7-3-5-9-23(21)30/h2-13,19H,15-16H2,1H3,(H,29,31). The highest BCUT2D eigenvalue weighted by Gasteiger charge is 2.25. The molecule has 0 saturated heterocycles. The molecule has 0 aliphatic carbocycles. The average Bonchev–Trinajstić information content (AvgIpc) is 2.95. The van der Waals surface area contributed by atoms with Gasteiger partial charge in [0.1, 0.15) is 5.82 Å². The molecule has 6 heteroatoms. The number of aliphatic imine (C=N–C) groups is 1. The molecule has 31 heavy (non-hydrogen) atoms. The van der Waals surface area contributed by atoms with Crippen LogP contribution in [0.25, 0.3) is 0 Å². The van der Waals surface area contributed by atoms with E-state index in [4.69, 9.17) is 10.3 Å². The molecule has 0 bridgehead atoms. The number of nitriles is 1. The van der Waals surface area contributed by atoms with Gasteiger partial charge in [-0.15, -0.1) is 0 Å². The van der Waals surface area contributed by atoms with Gasteiger partial charge in [-0.25, -0.2) is 4.39 Å². The minimum atomic E-state index is -0.314. The number of halogens is 1. The summed E-state index contributed by atoms with van der Waals surface area (Å²) in [5.41, 5.74) is 3.86. The van der Waals surface area contributed by atoms with Gasteiger partial charge in [0.15, 0.2) is 0 Å². The topological polar surface area (TPSA) is 68.5 Å². The number of rotatable bonds is 4. The van der Waals surface area contributed by atoms with Gasteiger partial charge >= 0.3 is 0 Å². The second-order valence-electron chi connectivity index (χ2n) is 7.35.